The van der Waals surface area contributed by atoms with Gasteiger partial charge in [-0.1, -0.05) is 0 Å². The van der Waals surface area contributed by atoms with Crippen molar-refractivity contribution in [3.63, 3.8) is 0 Å². The molecule has 0 saturated carbocycles. The Bertz CT molecular complexity index is 587. The zero-order valence-corrected chi connectivity index (χ0v) is 12.2. The molecule has 0 radical (unpaired) electrons. The highest BCUT2D eigenvalue weighted by atomic mass is 32.2. The molecule has 0 fully saturated rings. The Morgan fingerprint density at radius 3 is 2.71 bits per heavy atom. The fourth-order valence-corrected chi connectivity index (χ4v) is 2.68. The molecule has 1 atom stereocenters. The van der Waals surface area contributed by atoms with Crippen molar-refractivity contribution in [2.45, 2.75) is 30.7 Å². The average Bonchev–Trinajstić information content (AvgIpc) is 2.44. The molecule has 0 spiro atoms. The standard InChI is InChI=1S/C12H16N2O6S/c1-2-20-11(15)6-5-10(12(16)17)14-21(18,19)9-4-3-7-13-8-9/h3-4,7-8,10,14H,2,5-6H2,1H3,(H,16,17)/t10-/m0/s1. The third-order valence-corrected chi connectivity index (χ3v) is 3.94. The zero-order chi connectivity index (χ0) is 15.9. The Morgan fingerprint density at radius 1 is 1.48 bits per heavy atom. The molecule has 2 N–H and O–H groups in total. The van der Waals surface area contributed by atoms with Gasteiger partial charge in [0.25, 0.3) is 0 Å². The number of aliphatic carboxylic acids is 1. The molecule has 1 aromatic rings. The summed E-state index contributed by atoms with van der Waals surface area (Å²) in [6.07, 6.45) is 2.11. The number of carbonyl (C=O) groups excluding carboxylic acids is 1. The summed E-state index contributed by atoms with van der Waals surface area (Å²) in [7, 11) is -4.01. The lowest BCUT2D eigenvalue weighted by Gasteiger charge is -2.14. The molecule has 116 valence electrons. The number of sulfonamides is 1. The molecule has 1 rings (SSSR count). The molecular formula is C12H16N2O6S. The van der Waals surface area contributed by atoms with Crippen LogP contribution >= 0.6 is 0 Å². The van der Waals surface area contributed by atoms with Crippen LogP contribution in [0.1, 0.15) is 19.8 Å². The second-order valence-corrected chi connectivity index (χ2v) is 5.76. The number of hydrogen-bond acceptors (Lipinski definition) is 6. The normalized spacial score (nSPS) is 12.6. The van der Waals surface area contributed by atoms with Crippen LogP contribution < -0.4 is 4.72 Å². The first kappa shape index (κ1) is 17.1. The van der Waals surface area contributed by atoms with Crippen molar-refractivity contribution in [3.8, 4) is 0 Å². The van der Waals surface area contributed by atoms with Gasteiger partial charge in [-0.3, -0.25) is 14.6 Å². The smallest absolute Gasteiger partial charge is 0.321 e. The maximum atomic E-state index is 12.0. The number of hydrogen-bond donors (Lipinski definition) is 2. The van der Waals surface area contributed by atoms with E-state index in [1.165, 1.54) is 18.3 Å². The van der Waals surface area contributed by atoms with Crippen LogP contribution in [0.2, 0.25) is 0 Å². The van der Waals surface area contributed by atoms with Crippen LogP contribution in [-0.2, 0) is 24.3 Å². The van der Waals surface area contributed by atoms with Crippen LogP contribution in [-0.4, -0.2) is 43.1 Å². The van der Waals surface area contributed by atoms with E-state index in [2.05, 4.69) is 9.72 Å². The molecule has 21 heavy (non-hydrogen) atoms. The van der Waals surface area contributed by atoms with Crippen LogP contribution in [0.15, 0.2) is 29.4 Å². The third-order valence-electron chi connectivity index (χ3n) is 2.48. The Labute approximate surface area is 122 Å². The van der Waals surface area contributed by atoms with E-state index in [0.29, 0.717) is 0 Å². The Kier molecular flexibility index (Phi) is 6.25. The van der Waals surface area contributed by atoms with E-state index in [1.54, 1.807) is 6.92 Å². The molecule has 1 aromatic heterocycles. The predicted octanol–water partition coefficient (Wildman–Crippen LogP) is 0.156. The topological polar surface area (TPSA) is 123 Å². The van der Waals surface area contributed by atoms with Crippen LogP contribution in [0.25, 0.3) is 0 Å². The second kappa shape index (κ2) is 7.70. The zero-order valence-electron chi connectivity index (χ0n) is 11.4. The van der Waals surface area contributed by atoms with Gasteiger partial charge < -0.3 is 9.84 Å². The highest BCUT2D eigenvalue weighted by Gasteiger charge is 2.26. The first-order valence-electron chi connectivity index (χ1n) is 6.17. The lowest BCUT2D eigenvalue weighted by molar-refractivity contribution is -0.144. The number of nitrogens with zero attached hydrogens (tertiary/aromatic N) is 1. The fraction of sp³-hybridized carbons (Fsp3) is 0.417. The average molecular weight is 316 g/mol. The molecule has 0 aromatic carbocycles. The lowest BCUT2D eigenvalue weighted by atomic mass is 10.2. The molecule has 0 bridgehead atoms. The van der Waals surface area contributed by atoms with E-state index in [4.69, 9.17) is 5.11 Å². The quantitative estimate of drug-likeness (QED) is 0.655. The first-order valence-corrected chi connectivity index (χ1v) is 7.66. The number of carboxylic acids is 1. The summed E-state index contributed by atoms with van der Waals surface area (Å²) in [5.74, 6) is -1.95. The van der Waals surface area contributed by atoms with E-state index in [-0.39, 0.29) is 24.3 Å². The van der Waals surface area contributed by atoms with Crippen molar-refractivity contribution in [1.82, 2.24) is 9.71 Å². The number of pyridine rings is 1. The van der Waals surface area contributed by atoms with Crippen LogP contribution in [0.5, 0.6) is 0 Å². The maximum absolute atomic E-state index is 12.0. The van der Waals surface area contributed by atoms with Gasteiger partial charge in [0.05, 0.1) is 6.61 Å². The van der Waals surface area contributed by atoms with Gasteiger partial charge in [-0.15, -0.1) is 0 Å². The summed E-state index contributed by atoms with van der Waals surface area (Å²) >= 11 is 0. The first-order chi connectivity index (χ1) is 9.86. The van der Waals surface area contributed by atoms with Gasteiger partial charge in [0.15, 0.2) is 0 Å². The van der Waals surface area contributed by atoms with Crippen LogP contribution in [0, 0.1) is 0 Å². The highest BCUT2D eigenvalue weighted by molar-refractivity contribution is 7.89. The summed E-state index contributed by atoms with van der Waals surface area (Å²) in [6.45, 7) is 1.80. The second-order valence-electron chi connectivity index (χ2n) is 4.04. The minimum Gasteiger partial charge on any atom is -0.480 e. The van der Waals surface area contributed by atoms with Crippen LogP contribution in [0.4, 0.5) is 0 Å². The van der Waals surface area contributed by atoms with E-state index in [1.807, 2.05) is 4.72 Å². The van der Waals surface area contributed by atoms with Gasteiger partial charge in [0.2, 0.25) is 10.0 Å². The van der Waals surface area contributed by atoms with E-state index < -0.39 is 28.0 Å². The molecule has 9 heteroatoms. The highest BCUT2D eigenvalue weighted by Crippen LogP contribution is 2.09. The molecule has 0 amide bonds. The monoisotopic (exact) mass is 316 g/mol. The SMILES string of the molecule is CCOC(=O)CC[C@H](NS(=O)(=O)c1cccnc1)C(=O)O. The van der Waals surface area contributed by atoms with Crippen molar-refractivity contribution in [3.05, 3.63) is 24.5 Å². The van der Waals surface area contributed by atoms with Gasteiger partial charge in [0.1, 0.15) is 10.9 Å². The van der Waals surface area contributed by atoms with E-state index in [9.17, 15) is 18.0 Å². The van der Waals surface area contributed by atoms with Crippen molar-refractivity contribution in [2.75, 3.05) is 6.61 Å². The van der Waals surface area contributed by atoms with Gasteiger partial charge in [0, 0.05) is 18.8 Å². The third kappa shape index (κ3) is 5.48. The minimum absolute atomic E-state index is 0.146. The van der Waals surface area contributed by atoms with Gasteiger partial charge in [-0.2, -0.15) is 4.72 Å². The molecule has 0 aliphatic rings. The molecule has 8 nitrogen and oxygen atoms in total. The van der Waals surface area contributed by atoms with Crippen molar-refractivity contribution in [2.24, 2.45) is 0 Å². The lowest BCUT2D eigenvalue weighted by Crippen LogP contribution is -2.41. The van der Waals surface area contributed by atoms with Crippen molar-refractivity contribution in [1.29, 1.82) is 0 Å². The molecule has 1 heterocycles. The van der Waals surface area contributed by atoms with Crippen LogP contribution in [0.3, 0.4) is 0 Å². The van der Waals surface area contributed by atoms with Gasteiger partial charge >= 0.3 is 11.9 Å². The predicted molar refractivity (Wildman–Crippen MR) is 71.8 cm³/mol. The minimum atomic E-state index is -4.01. The molecule has 0 aliphatic heterocycles. The molecule has 0 unspecified atom stereocenters. The number of ether oxygens (including phenoxy) is 1. The fourth-order valence-electron chi connectivity index (χ4n) is 1.49. The van der Waals surface area contributed by atoms with E-state index >= 15 is 0 Å². The number of carboxylic acid groups (broad SMARTS) is 1. The Hall–Kier alpha value is -2.00. The molecular weight excluding hydrogens is 300 g/mol. The number of nitrogens with one attached hydrogen (secondary N) is 1. The number of aromatic nitrogens is 1. The number of carbonyl (C=O) groups is 2. The van der Waals surface area contributed by atoms with Gasteiger partial charge in [-0.25, -0.2) is 8.42 Å². The molecule has 0 saturated heterocycles. The maximum Gasteiger partial charge on any atom is 0.321 e. The Morgan fingerprint density at radius 2 is 2.19 bits per heavy atom. The van der Waals surface area contributed by atoms with E-state index in [0.717, 1.165) is 6.20 Å². The number of esters is 1. The van der Waals surface area contributed by atoms with Crippen molar-refractivity contribution < 1.29 is 27.9 Å². The summed E-state index contributed by atoms with van der Waals surface area (Å²) in [5, 5.41) is 9.03. The summed E-state index contributed by atoms with van der Waals surface area (Å²) < 4.78 is 30.7. The Balaban J connectivity index is 2.75. The van der Waals surface area contributed by atoms with Crippen molar-refractivity contribution >= 4 is 22.0 Å². The number of rotatable bonds is 8. The summed E-state index contributed by atoms with van der Waals surface area (Å²) in [6, 6.07) is 1.29. The molecule has 0 aliphatic carbocycles. The summed E-state index contributed by atoms with van der Waals surface area (Å²) in [5.41, 5.74) is 0. The largest absolute Gasteiger partial charge is 0.480 e. The summed E-state index contributed by atoms with van der Waals surface area (Å²) in [4.78, 5) is 25.8. The van der Waals surface area contributed by atoms with Gasteiger partial charge in [-0.05, 0) is 25.5 Å².